The molecule has 1 saturated carbocycles. The lowest BCUT2D eigenvalue weighted by Gasteiger charge is -2.28. The van der Waals surface area contributed by atoms with Crippen LogP contribution in [0.15, 0.2) is 5.10 Å². The summed E-state index contributed by atoms with van der Waals surface area (Å²) in [5.74, 6) is 0.405. The van der Waals surface area contributed by atoms with Crippen LogP contribution in [-0.2, 0) is 9.59 Å². The van der Waals surface area contributed by atoms with Gasteiger partial charge in [-0.05, 0) is 12.8 Å². The number of rotatable bonds is 1. The van der Waals surface area contributed by atoms with Crippen LogP contribution < -0.4 is 0 Å². The summed E-state index contributed by atoms with van der Waals surface area (Å²) < 4.78 is 0. The molecule has 0 saturated heterocycles. The van der Waals surface area contributed by atoms with Gasteiger partial charge in [-0.2, -0.15) is 5.10 Å². The van der Waals surface area contributed by atoms with E-state index >= 15 is 0 Å². The fourth-order valence-electron chi connectivity index (χ4n) is 1.83. The van der Waals surface area contributed by atoms with Crippen LogP contribution in [0.5, 0.6) is 0 Å². The molecular weight excluding hydrogens is 168 g/mol. The van der Waals surface area contributed by atoms with Crippen LogP contribution in [0.25, 0.3) is 0 Å². The zero-order valence-electron chi connectivity index (χ0n) is 7.40. The molecular formula is C9H12N2O2. The largest absolute Gasteiger partial charge is 0.300 e. The summed E-state index contributed by atoms with van der Waals surface area (Å²) in [5, 5.41) is 5.83. The highest BCUT2D eigenvalue weighted by molar-refractivity contribution is 6.29. The normalized spacial score (nSPS) is 24.5. The highest BCUT2D eigenvalue weighted by atomic mass is 16.1. The summed E-state index contributed by atoms with van der Waals surface area (Å²) in [6.07, 6.45) is 4.36. The van der Waals surface area contributed by atoms with Crippen molar-refractivity contribution in [2.24, 2.45) is 5.10 Å². The van der Waals surface area contributed by atoms with E-state index in [1.165, 1.54) is 6.21 Å². The van der Waals surface area contributed by atoms with Gasteiger partial charge in [-0.3, -0.25) is 14.6 Å². The maximum atomic E-state index is 11.0. The fourth-order valence-corrected chi connectivity index (χ4v) is 1.83. The Balaban J connectivity index is 1.92. The molecule has 0 N–H and O–H groups in total. The molecule has 0 radical (unpaired) electrons. The first-order chi connectivity index (χ1) is 6.25. The second-order valence-electron chi connectivity index (χ2n) is 3.58. The number of nitrogens with zero attached hydrogens (tertiary/aromatic N) is 2. The van der Waals surface area contributed by atoms with Gasteiger partial charge in [0.2, 0.25) is 0 Å². The summed E-state index contributed by atoms with van der Waals surface area (Å²) in [4.78, 5) is 21.9. The summed E-state index contributed by atoms with van der Waals surface area (Å²) in [5.41, 5.74) is 0. The average molecular weight is 180 g/mol. The second kappa shape index (κ2) is 3.28. The molecule has 2 aliphatic rings. The highest BCUT2D eigenvalue weighted by Gasteiger charge is 2.26. The van der Waals surface area contributed by atoms with Crippen molar-refractivity contribution in [3.05, 3.63) is 0 Å². The number of hydrogen-bond donors (Lipinski definition) is 0. The summed E-state index contributed by atoms with van der Waals surface area (Å²) >= 11 is 0. The number of hydrazone groups is 1. The van der Waals surface area contributed by atoms with Gasteiger partial charge in [0.25, 0.3) is 0 Å². The Hall–Kier alpha value is -1.19. The monoisotopic (exact) mass is 180 g/mol. The number of carbonyl (C=O) groups is 2. The lowest BCUT2D eigenvalue weighted by Crippen LogP contribution is -2.34. The van der Waals surface area contributed by atoms with Gasteiger partial charge in [-0.15, -0.1) is 0 Å². The van der Waals surface area contributed by atoms with Crippen LogP contribution in [-0.4, -0.2) is 35.4 Å². The Morgan fingerprint density at radius 1 is 1.31 bits per heavy atom. The molecule has 2 rings (SSSR count). The number of Topliss-reactive ketones (excluding diaryl/α,β-unsaturated/α-hetero) is 2. The molecule has 0 bridgehead atoms. The first-order valence-corrected chi connectivity index (χ1v) is 4.61. The molecule has 1 heterocycles. The molecule has 0 amide bonds. The third-order valence-corrected chi connectivity index (χ3v) is 2.60. The SMILES string of the molecule is O=C1C=NN(C2CCC(=O)CC2)C1. The minimum atomic E-state index is 0.0666. The van der Waals surface area contributed by atoms with Crippen LogP contribution >= 0.6 is 0 Å². The Morgan fingerprint density at radius 3 is 2.54 bits per heavy atom. The van der Waals surface area contributed by atoms with E-state index in [9.17, 15) is 9.59 Å². The van der Waals surface area contributed by atoms with Gasteiger partial charge < -0.3 is 0 Å². The standard InChI is InChI=1S/C9H12N2O2/c12-8-3-1-7(2-4-8)11-6-9(13)5-10-11/h5,7H,1-4,6H2. The van der Waals surface area contributed by atoms with Crippen molar-refractivity contribution in [1.82, 2.24) is 5.01 Å². The van der Waals surface area contributed by atoms with Crippen molar-refractivity contribution in [2.45, 2.75) is 31.7 Å². The topological polar surface area (TPSA) is 49.7 Å². The first-order valence-electron chi connectivity index (χ1n) is 4.61. The van der Waals surface area contributed by atoms with Crippen LogP contribution in [0.2, 0.25) is 0 Å². The predicted molar refractivity (Wildman–Crippen MR) is 47.5 cm³/mol. The van der Waals surface area contributed by atoms with E-state index in [0.29, 0.717) is 31.2 Å². The van der Waals surface area contributed by atoms with E-state index < -0.39 is 0 Å². The van der Waals surface area contributed by atoms with E-state index in [4.69, 9.17) is 0 Å². The molecule has 70 valence electrons. The lowest BCUT2D eigenvalue weighted by molar-refractivity contribution is -0.121. The Kier molecular flexibility index (Phi) is 2.12. The van der Waals surface area contributed by atoms with Gasteiger partial charge in [0, 0.05) is 18.9 Å². The summed E-state index contributed by atoms with van der Waals surface area (Å²) in [7, 11) is 0. The van der Waals surface area contributed by atoms with E-state index in [1.54, 1.807) is 0 Å². The number of carbonyl (C=O) groups excluding carboxylic acids is 2. The third-order valence-electron chi connectivity index (χ3n) is 2.60. The molecule has 1 aliphatic heterocycles. The molecule has 4 heteroatoms. The summed E-state index contributed by atoms with van der Waals surface area (Å²) in [6, 6.07) is 0.306. The van der Waals surface area contributed by atoms with E-state index in [0.717, 1.165) is 12.8 Å². The van der Waals surface area contributed by atoms with Gasteiger partial charge in [0.1, 0.15) is 12.3 Å². The lowest BCUT2D eigenvalue weighted by atomic mass is 9.94. The molecule has 13 heavy (non-hydrogen) atoms. The molecule has 0 aromatic rings. The Labute approximate surface area is 76.6 Å². The molecule has 0 atom stereocenters. The van der Waals surface area contributed by atoms with Gasteiger partial charge >= 0.3 is 0 Å². The second-order valence-corrected chi connectivity index (χ2v) is 3.58. The van der Waals surface area contributed by atoms with Gasteiger partial charge in [-0.25, -0.2) is 0 Å². The number of ketones is 2. The van der Waals surface area contributed by atoms with Crippen molar-refractivity contribution in [3.8, 4) is 0 Å². The molecule has 1 aliphatic carbocycles. The van der Waals surface area contributed by atoms with Gasteiger partial charge in [0.15, 0.2) is 5.78 Å². The zero-order valence-corrected chi connectivity index (χ0v) is 7.40. The van der Waals surface area contributed by atoms with Gasteiger partial charge in [-0.1, -0.05) is 0 Å². The molecule has 0 unspecified atom stereocenters. The van der Waals surface area contributed by atoms with E-state index in [2.05, 4.69) is 5.10 Å². The van der Waals surface area contributed by atoms with Gasteiger partial charge in [0.05, 0.1) is 6.21 Å². The van der Waals surface area contributed by atoms with Crippen molar-refractivity contribution in [2.75, 3.05) is 6.54 Å². The minimum Gasteiger partial charge on any atom is -0.300 e. The van der Waals surface area contributed by atoms with E-state index in [1.807, 2.05) is 5.01 Å². The van der Waals surface area contributed by atoms with Crippen molar-refractivity contribution in [3.63, 3.8) is 0 Å². The summed E-state index contributed by atoms with van der Waals surface area (Å²) in [6.45, 7) is 0.402. The molecule has 1 fully saturated rings. The highest BCUT2D eigenvalue weighted by Crippen LogP contribution is 2.21. The van der Waals surface area contributed by atoms with E-state index in [-0.39, 0.29) is 5.78 Å². The fraction of sp³-hybridized carbons (Fsp3) is 0.667. The quantitative estimate of drug-likeness (QED) is 0.585. The molecule has 0 spiro atoms. The average Bonchev–Trinajstić information content (AvgIpc) is 2.53. The molecule has 0 aromatic heterocycles. The Bertz CT molecular complexity index is 263. The van der Waals surface area contributed by atoms with Crippen LogP contribution in [0, 0.1) is 0 Å². The third kappa shape index (κ3) is 1.76. The van der Waals surface area contributed by atoms with Crippen molar-refractivity contribution < 1.29 is 9.59 Å². The zero-order chi connectivity index (χ0) is 9.26. The van der Waals surface area contributed by atoms with Crippen LogP contribution in [0.1, 0.15) is 25.7 Å². The van der Waals surface area contributed by atoms with Crippen LogP contribution in [0.4, 0.5) is 0 Å². The number of hydrogen-bond acceptors (Lipinski definition) is 4. The minimum absolute atomic E-state index is 0.0666. The molecule has 0 aromatic carbocycles. The Morgan fingerprint density at radius 2 is 2.00 bits per heavy atom. The first kappa shape index (κ1) is 8.41. The predicted octanol–water partition coefficient (Wildman–Crippen LogP) is 0.369. The molecule has 4 nitrogen and oxygen atoms in total. The smallest absolute Gasteiger partial charge is 0.196 e. The van der Waals surface area contributed by atoms with Crippen LogP contribution in [0.3, 0.4) is 0 Å². The van der Waals surface area contributed by atoms with Crippen molar-refractivity contribution >= 4 is 17.8 Å². The van der Waals surface area contributed by atoms with Crippen molar-refractivity contribution in [1.29, 1.82) is 0 Å². The maximum Gasteiger partial charge on any atom is 0.196 e. The maximum absolute atomic E-state index is 11.0.